The van der Waals surface area contributed by atoms with Gasteiger partial charge in [0.2, 0.25) is 0 Å². The monoisotopic (exact) mass is 584 g/mol. The van der Waals surface area contributed by atoms with Crippen molar-refractivity contribution in [1.82, 2.24) is 0 Å². The Kier molecular flexibility index (Phi) is 11.5. The molecule has 8 heteroatoms. The number of carbonyl (C=O) groups is 3. The Bertz CT molecular complexity index is 1380. The van der Waals surface area contributed by atoms with Crippen LogP contribution in [0, 0.1) is 0 Å². The van der Waals surface area contributed by atoms with Crippen LogP contribution in [0.3, 0.4) is 0 Å². The fourth-order valence-corrected chi connectivity index (χ4v) is 4.43. The van der Waals surface area contributed by atoms with E-state index < -0.39 is 11.9 Å². The summed E-state index contributed by atoms with van der Waals surface area (Å²) < 4.78 is 27.2. The largest absolute Gasteiger partial charge is 0.494 e. The minimum absolute atomic E-state index is 0.0368. The van der Waals surface area contributed by atoms with Crippen molar-refractivity contribution in [2.45, 2.75) is 44.6 Å². The molecule has 1 aliphatic heterocycles. The molecule has 1 fully saturated rings. The number of benzene rings is 3. The first-order valence-corrected chi connectivity index (χ1v) is 14.4. The van der Waals surface area contributed by atoms with Gasteiger partial charge in [0.25, 0.3) is 0 Å². The summed E-state index contributed by atoms with van der Waals surface area (Å²) in [7, 11) is 0. The Labute approximate surface area is 251 Å². The molecule has 0 radical (unpaired) electrons. The molecule has 0 bridgehead atoms. The highest BCUT2D eigenvalue weighted by Crippen LogP contribution is 2.26. The van der Waals surface area contributed by atoms with Gasteiger partial charge in [0.05, 0.1) is 25.4 Å². The maximum Gasteiger partial charge on any atom is 0.343 e. The first-order chi connectivity index (χ1) is 20.9. The maximum absolute atomic E-state index is 12.6. The van der Waals surface area contributed by atoms with Gasteiger partial charge in [0.15, 0.2) is 0 Å². The van der Waals surface area contributed by atoms with Crippen molar-refractivity contribution in [3.05, 3.63) is 103 Å². The second-order valence-electron chi connectivity index (χ2n) is 10.1. The van der Waals surface area contributed by atoms with Gasteiger partial charge in [0.1, 0.15) is 23.4 Å². The van der Waals surface area contributed by atoms with Crippen molar-refractivity contribution in [3.8, 4) is 28.4 Å². The molecular formula is C35H36O8. The normalized spacial score (nSPS) is 14.1. The topological polar surface area (TPSA) is 97.4 Å². The molecule has 4 rings (SSSR count). The molecule has 0 aromatic heterocycles. The van der Waals surface area contributed by atoms with Crippen molar-refractivity contribution in [2.75, 3.05) is 19.8 Å². The molecule has 0 spiro atoms. The summed E-state index contributed by atoms with van der Waals surface area (Å²) in [4.78, 5) is 35.0. The van der Waals surface area contributed by atoms with Crippen LogP contribution in [0.2, 0.25) is 0 Å². The molecule has 3 aromatic carbocycles. The van der Waals surface area contributed by atoms with Crippen LogP contribution in [0.1, 0.15) is 48.9 Å². The number of hydrogen-bond acceptors (Lipinski definition) is 8. The van der Waals surface area contributed by atoms with Gasteiger partial charge in [-0.25, -0.2) is 14.4 Å². The summed E-state index contributed by atoms with van der Waals surface area (Å²) in [5.74, 6) is 0.690. The molecule has 8 nitrogen and oxygen atoms in total. The van der Waals surface area contributed by atoms with Crippen molar-refractivity contribution in [2.24, 2.45) is 0 Å². The van der Waals surface area contributed by atoms with Crippen LogP contribution in [0.15, 0.2) is 97.6 Å². The zero-order chi connectivity index (χ0) is 30.4. The summed E-state index contributed by atoms with van der Waals surface area (Å²) in [6.45, 7) is 8.34. The fraction of sp³-hybridized carbons (Fsp3) is 0.286. The van der Waals surface area contributed by atoms with Crippen LogP contribution >= 0.6 is 0 Å². The third kappa shape index (κ3) is 9.88. The predicted octanol–water partition coefficient (Wildman–Crippen LogP) is 6.88. The van der Waals surface area contributed by atoms with Crippen LogP contribution in [0.5, 0.6) is 17.2 Å². The molecule has 224 valence electrons. The maximum atomic E-state index is 12.6. The second-order valence-corrected chi connectivity index (χ2v) is 10.1. The molecule has 43 heavy (non-hydrogen) atoms. The van der Waals surface area contributed by atoms with E-state index in [1.54, 1.807) is 36.4 Å². The van der Waals surface area contributed by atoms with Crippen LogP contribution in [-0.4, -0.2) is 43.8 Å². The van der Waals surface area contributed by atoms with E-state index in [2.05, 4.69) is 13.2 Å². The molecular weight excluding hydrogens is 548 g/mol. The molecule has 3 aromatic rings. The Morgan fingerprint density at radius 1 is 0.767 bits per heavy atom. The van der Waals surface area contributed by atoms with Crippen LogP contribution in [0.4, 0.5) is 0 Å². The van der Waals surface area contributed by atoms with Gasteiger partial charge in [-0.2, -0.15) is 0 Å². The average Bonchev–Trinajstić information content (AvgIpc) is 3.35. The Morgan fingerprint density at radius 2 is 1.35 bits per heavy atom. The van der Waals surface area contributed by atoms with Gasteiger partial charge < -0.3 is 23.7 Å². The molecule has 0 saturated carbocycles. The predicted molar refractivity (Wildman–Crippen MR) is 162 cm³/mol. The van der Waals surface area contributed by atoms with Crippen molar-refractivity contribution in [1.29, 1.82) is 0 Å². The van der Waals surface area contributed by atoms with Gasteiger partial charge in [-0.3, -0.25) is 0 Å². The number of hydrogen-bond donors (Lipinski definition) is 0. The van der Waals surface area contributed by atoms with Crippen molar-refractivity contribution >= 4 is 17.9 Å². The molecule has 1 aliphatic rings. The number of unbranched alkanes of at least 4 members (excludes halogenated alkanes) is 2. The lowest BCUT2D eigenvalue weighted by molar-refractivity contribution is -0.139. The highest BCUT2D eigenvalue weighted by atomic mass is 16.6. The number of ether oxygens (including phenoxy) is 5. The molecule has 0 aliphatic carbocycles. The Hall–Kier alpha value is -4.85. The van der Waals surface area contributed by atoms with Gasteiger partial charge in [-0.1, -0.05) is 37.4 Å². The third-order valence-electron chi connectivity index (χ3n) is 6.79. The summed E-state index contributed by atoms with van der Waals surface area (Å²) >= 11 is 0. The molecule has 1 unspecified atom stereocenters. The number of carbonyl (C=O) groups excluding carboxylic acids is 3. The van der Waals surface area contributed by atoms with E-state index in [0.717, 1.165) is 48.6 Å². The molecule has 0 amide bonds. The minimum atomic E-state index is -0.449. The summed E-state index contributed by atoms with van der Waals surface area (Å²) in [5.41, 5.74) is 2.95. The summed E-state index contributed by atoms with van der Waals surface area (Å²) in [5, 5.41) is 0. The Balaban J connectivity index is 1.14. The van der Waals surface area contributed by atoms with Gasteiger partial charge in [0, 0.05) is 24.5 Å². The van der Waals surface area contributed by atoms with E-state index in [4.69, 9.17) is 23.7 Å². The summed E-state index contributed by atoms with van der Waals surface area (Å²) in [6, 6.07) is 21.8. The van der Waals surface area contributed by atoms with Crippen LogP contribution in [0.25, 0.3) is 11.1 Å². The minimum Gasteiger partial charge on any atom is -0.494 e. The first kappa shape index (κ1) is 31.1. The fourth-order valence-electron chi connectivity index (χ4n) is 4.43. The lowest BCUT2D eigenvalue weighted by atomic mass is 10.1. The summed E-state index contributed by atoms with van der Waals surface area (Å²) in [6.07, 6.45) is 5.97. The smallest absolute Gasteiger partial charge is 0.343 e. The van der Waals surface area contributed by atoms with Gasteiger partial charge >= 0.3 is 17.9 Å². The standard InChI is InChI=1S/C35H36O8/c1-3-33(36)41-23-7-22-40-29-15-9-26(10-16-29)27-11-19-31(20-12-27)42-35(38)28-13-17-30(18-14-28)39-21-6-4-5-8-32-24-25(2)34(37)43-32/h3,9-20,32H,1-2,4-8,21-24H2. The molecule has 0 N–H and O–H groups in total. The van der Waals surface area contributed by atoms with E-state index in [-0.39, 0.29) is 18.7 Å². The number of rotatable bonds is 16. The number of cyclic esters (lactones) is 1. The lowest BCUT2D eigenvalue weighted by Gasteiger charge is -2.10. The zero-order valence-corrected chi connectivity index (χ0v) is 24.1. The van der Waals surface area contributed by atoms with E-state index in [9.17, 15) is 14.4 Å². The second kappa shape index (κ2) is 16.0. The highest BCUT2D eigenvalue weighted by molar-refractivity contribution is 5.91. The third-order valence-corrected chi connectivity index (χ3v) is 6.79. The zero-order valence-electron chi connectivity index (χ0n) is 24.1. The van der Waals surface area contributed by atoms with Crippen LogP contribution < -0.4 is 14.2 Å². The van der Waals surface area contributed by atoms with E-state index in [1.165, 1.54) is 0 Å². The quantitative estimate of drug-likeness (QED) is 0.0778. The molecule has 1 heterocycles. The van der Waals surface area contributed by atoms with Gasteiger partial charge in [-0.15, -0.1) is 0 Å². The van der Waals surface area contributed by atoms with E-state index >= 15 is 0 Å². The van der Waals surface area contributed by atoms with E-state index in [0.29, 0.717) is 48.7 Å². The molecule has 1 atom stereocenters. The average molecular weight is 585 g/mol. The van der Waals surface area contributed by atoms with Crippen LogP contribution in [-0.2, 0) is 19.1 Å². The SMILES string of the molecule is C=CC(=O)OCCCOc1ccc(-c2ccc(OC(=O)c3ccc(OCCCCCC4CC(=C)C(=O)O4)cc3)cc2)cc1. The van der Waals surface area contributed by atoms with E-state index in [1.807, 2.05) is 36.4 Å². The highest BCUT2D eigenvalue weighted by Gasteiger charge is 2.26. The number of esters is 3. The lowest BCUT2D eigenvalue weighted by Crippen LogP contribution is -2.08. The van der Waals surface area contributed by atoms with Gasteiger partial charge in [-0.05, 0) is 85.3 Å². The van der Waals surface area contributed by atoms with Crippen molar-refractivity contribution < 1.29 is 38.1 Å². The molecule has 1 saturated heterocycles. The van der Waals surface area contributed by atoms with Crippen molar-refractivity contribution in [3.63, 3.8) is 0 Å². The Morgan fingerprint density at radius 3 is 1.93 bits per heavy atom. The first-order valence-electron chi connectivity index (χ1n) is 14.4.